The molecule has 1 saturated carbocycles. The SMILES string of the molecule is CCOC(=O)c1c(Cl)c2cc(NC(=O)[C@@H]3[C@@H](c4ccccc4)CCN3C(=O)[C@H]3CC[C@H](C(CF)NC(=O)OC(C)(C)C)CC3)ccc2n1C. The Morgan fingerprint density at radius 1 is 1.02 bits per heavy atom. The minimum atomic E-state index is -0.753. The van der Waals surface area contributed by atoms with Gasteiger partial charge in [-0.05, 0) is 89.5 Å². The molecule has 264 valence electrons. The molecule has 1 unspecified atom stereocenters. The number of alkyl halides is 1. The number of aromatic nitrogens is 1. The Morgan fingerprint density at radius 2 is 1.71 bits per heavy atom. The van der Waals surface area contributed by atoms with Gasteiger partial charge in [0, 0.05) is 36.5 Å². The predicted molar refractivity (Wildman–Crippen MR) is 186 cm³/mol. The number of halogens is 2. The van der Waals surface area contributed by atoms with Gasteiger partial charge in [-0.3, -0.25) is 9.59 Å². The van der Waals surface area contributed by atoms with Crippen LogP contribution in [0.15, 0.2) is 48.5 Å². The van der Waals surface area contributed by atoms with Crippen LogP contribution in [-0.4, -0.2) is 70.9 Å². The monoisotopic (exact) mass is 696 g/mol. The highest BCUT2D eigenvalue weighted by Crippen LogP contribution is 2.39. The maximum Gasteiger partial charge on any atom is 0.407 e. The molecular weight excluding hydrogens is 651 g/mol. The lowest BCUT2D eigenvalue weighted by molar-refractivity contribution is -0.141. The normalized spacial score (nSPS) is 21.7. The van der Waals surface area contributed by atoms with Crippen molar-refractivity contribution in [2.75, 3.05) is 25.1 Å². The average Bonchev–Trinajstić information content (AvgIpc) is 3.62. The predicted octanol–water partition coefficient (Wildman–Crippen LogP) is 7.00. The van der Waals surface area contributed by atoms with Gasteiger partial charge in [0.15, 0.2) is 0 Å². The molecule has 0 radical (unpaired) electrons. The average molecular weight is 697 g/mol. The fourth-order valence-corrected chi connectivity index (χ4v) is 7.63. The lowest BCUT2D eigenvalue weighted by Gasteiger charge is -2.36. The zero-order valence-corrected chi connectivity index (χ0v) is 29.5. The van der Waals surface area contributed by atoms with E-state index in [1.54, 1.807) is 62.4 Å². The quantitative estimate of drug-likeness (QED) is 0.233. The first-order valence-corrected chi connectivity index (χ1v) is 17.4. The van der Waals surface area contributed by atoms with Gasteiger partial charge in [0.25, 0.3) is 0 Å². The largest absolute Gasteiger partial charge is 0.461 e. The standard InChI is InChI=1S/C37H46ClFN4O6/c1-6-48-35(46)32-30(38)27-20-25(16-17-29(27)42(32)5)40-33(44)31-26(22-10-8-7-9-11-22)18-19-43(31)34(45)24-14-12-23(13-15-24)28(21-39)41-36(47)49-37(2,3)4/h7-11,16-17,20,23-24,26,28,31H,6,12-15,18-19,21H2,1-5H3,(H,40,44)(H,41,47)/t23-,24-,26-,28?,31+/m1/s1. The van der Waals surface area contributed by atoms with Crippen LogP contribution in [0.1, 0.15) is 81.8 Å². The molecule has 5 rings (SSSR count). The van der Waals surface area contributed by atoms with Gasteiger partial charge in [-0.1, -0.05) is 41.9 Å². The van der Waals surface area contributed by atoms with E-state index in [4.69, 9.17) is 21.1 Å². The third-order valence-corrected chi connectivity index (χ3v) is 9.99. The van der Waals surface area contributed by atoms with E-state index in [-0.39, 0.29) is 46.9 Å². The van der Waals surface area contributed by atoms with E-state index < -0.39 is 36.4 Å². The molecule has 49 heavy (non-hydrogen) atoms. The van der Waals surface area contributed by atoms with Gasteiger partial charge in [0.2, 0.25) is 11.8 Å². The lowest BCUT2D eigenvalue weighted by atomic mass is 9.78. The van der Waals surface area contributed by atoms with Crippen LogP contribution in [0.25, 0.3) is 10.9 Å². The van der Waals surface area contributed by atoms with Crippen LogP contribution in [0.2, 0.25) is 5.02 Å². The second kappa shape index (κ2) is 15.2. The number of carbonyl (C=O) groups is 4. The van der Waals surface area contributed by atoms with E-state index in [0.29, 0.717) is 55.2 Å². The van der Waals surface area contributed by atoms with Gasteiger partial charge in [-0.25, -0.2) is 14.0 Å². The fraction of sp³-hybridized carbons (Fsp3) is 0.514. The number of nitrogens with one attached hydrogen (secondary N) is 2. The van der Waals surface area contributed by atoms with Crippen molar-refractivity contribution in [3.8, 4) is 0 Å². The summed E-state index contributed by atoms with van der Waals surface area (Å²) in [5.74, 6) is -1.59. The number of fused-ring (bicyclic) bond motifs is 1. The molecule has 0 spiro atoms. The number of rotatable bonds is 9. The van der Waals surface area contributed by atoms with Crippen molar-refractivity contribution in [3.05, 3.63) is 64.8 Å². The van der Waals surface area contributed by atoms with Gasteiger partial charge in [-0.2, -0.15) is 0 Å². The summed E-state index contributed by atoms with van der Waals surface area (Å²) in [5.41, 5.74) is 1.70. The summed E-state index contributed by atoms with van der Waals surface area (Å²) in [6.45, 7) is 6.90. The number of aryl methyl sites for hydroxylation is 1. The van der Waals surface area contributed by atoms with E-state index in [1.165, 1.54) is 0 Å². The van der Waals surface area contributed by atoms with Crippen molar-refractivity contribution >= 4 is 52.1 Å². The molecule has 2 heterocycles. The number of carbonyl (C=O) groups excluding carboxylic acids is 4. The van der Waals surface area contributed by atoms with Crippen LogP contribution < -0.4 is 10.6 Å². The first-order chi connectivity index (χ1) is 23.3. The van der Waals surface area contributed by atoms with Crippen molar-refractivity contribution < 1.29 is 33.0 Å². The van der Waals surface area contributed by atoms with E-state index in [1.807, 2.05) is 30.3 Å². The van der Waals surface area contributed by atoms with Gasteiger partial charge >= 0.3 is 12.1 Å². The third kappa shape index (κ3) is 8.03. The number of anilines is 1. The molecule has 2 fully saturated rings. The Bertz CT molecular complexity index is 1680. The molecule has 12 heteroatoms. The number of hydrogen-bond acceptors (Lipinski definition) is 6. The Kier molecular flexibility index (Phi) is 11.2. The highest BCUT2D eigenvalue weighted by molar-refractivity contribution is 6.38. The molecule has 1 aliphatic heterocycles. The molecule has 1 aromatic heterocycles. The zero-order valence-electron chi connectivity index (χ0n) is 28.8. The molecule has 3 atom stereocenters. The molecule has 1 aliphatic carbocycles. The van der Waals surface area contributed by atoms with E-state index in [2.05, 4.69) is 10.6 Å². The van der Waals surface area contributed by atoms with E-state index >= 15 is 0 Å². The summed E-state index contributed by atoms with van der Waals surface area (Å²) in [4.78, 5) is 54.9. The molecule has 3 aromatic rings. The van der Waals surface area contributed by atoms with Crippen LogP contribution in [0.4, 0.5) is 14.9 Å². The topological polar surface area (TPSA) is 119 Å². The molecule has 2 aromatic carbocycles. The first kappa shape index (κ1) is 36.2. The van der Waals surface area contributed by atoms with Gasteiger partial charge < -0.3 is 29.6 Å². The number of amides is 3. The van der Waals surface area contributed by atoms with Gasteiger partial charge in [-0.15, -0.1) is 0 Å². The summed E-state index contributed by atoms with van der Waals surface area (Å²) in [6.07, 6.45) is 2.17. The Balaban J connectivity index is 1.32. The zero-order chi connectivity index (χ0) is 35.5. The lowest BCUT2D eigenvalue weighted by Crippen LogP contribution is -2.49. The summed E-state index contributed by atoms with van der Waals surface area (Å²) in [7, 11) is 1.73. The molecule has 1 saturated heterocycles. The molecule has 3 amide bonds. The Labute approximate surface area is 291 Å². The fourth-order valence-electron chi connectivity index (χ4n) is 7.28. The maximum absolute atomic E-state index is 14.2. The number of ether oxygens (including phenoxy) is 2. The smallest absolute Gasteiger partial charge is 0.407 e. The van der Waals surface area contributed by atoms with Crippen molar-refractivity contribution in [1.29, 1.82) is 0 Å². The molecule has 2 N–H and O–H groups in total. The summed E-state index contributed by atoms with van der Waals surface area (Å²) in [5, 5.41) is 6.53. The molecule has 2 aliphatic rings. The van der Waals surface area contributed by atoms with Crippen molar-refractivity contribution in [2.45, 2.75) is 83.4 Å². The molecule has 0 bridgehead atoms. The Morgan fingerprint density at radius 3 is 2.35 bits per heavy atom. The van der Waals surface area contributed by atoms with E-state index in [0.717, 1.165) is 5.56 Å². The van der Waals surface area contributed by atoms with Gasteiger partial charge in [0.1, 0.15) is 24.0 Å². The maximum atomic E-state index is 14.2. The van der Waals surface area contributed by atoms with Crippen molar-refractivity contribution in [1.82, 2.24) is 14.8 Å². The van der Waals surface area contributed by atoms with Crippen LogP contribution in [0.5, 0.6) is 0 Å². The second-order valence-corrected chi connectivity index (χ2v) is 14.3. The summed E-state index contributed by atoms with van der Waals surface area (Å²) in [6, 6.07) is 13.5. The molecule has 10 nitrogen and oxygen atoms in total. The van der Waals surface area contributed by atoms with Crippen LogP contribution in [-0.2, 0) is 26.1 Å². The number of hydrogen-bond donors (Lipinski definition) is 2. The van der Waals surface area contributed by atoms with Crippen LogP contribution >= 0.6 is 11.6 Å². The minimum Gasteiger partial charge on any atom is -0.461 e. The second-order valence-electron chi connectivity index (χ2n) is 14.0. The highest BCUT2D eigenvalue weighted by Gasteiger charge is 2.45. The number of benzene rings is 2. The van der Waals surface area contributed by atoms with E-state index in [9.17, 15) is 23.6 Å². The third-order valence-electron chi connectivity index (χ3n) is 9.61. The van der Waals surface area contributed by atoms with Crippen LogP contribution in [0, 0.1) is 11.8 Å². The van der Waals surface area contributed by atoms with Crippen molar-refractivity contribution in [3.63, 3.8) is 0 Å². The summed E-state index contributed by atoms with van der Waals surface area (Å²) < 4.78 is 26.2. The highest BCUT2D eigenvalue weighted by atomic mass is 35.5. The number of esters is 1. The number of likely N-dealkylation sites (tertiary alicyclic amines) is 1. The number of nitrogens with zero attached hydrogens (tertiary/aromatic N) is 2. The van der Waals surface area contributed by atoms with Crippen LogP contribution in [0.3, 0.4) is 0 Å². The minimum absolute atomic E-state index is 0.0884. The summed E-state index contributed by atoms with van der Waals surface area (Å²) >= 11 is 6.64. The van der Waals surface area contributed by atoms with Gasteiger partial charge in [0.05, 0.1) is 23.2 Å². The molecular formula is C37H46ClFN4O6. The number of alkyl carbamates (subject to hydrolysis) is 1. The van der Waals surface area contributed by atoms with Crippen molar-refractivity contribution in [2.24, 2.45) is 18.9 Å². The first-order valence-electron chi connectivity index (χ1n) is 17.0. The Hall–Kier alpha value is -4.12.